The Morgan fingerprint density at radius 3 is 2.62 bits per heavy atom. The van der Waals surface area contributed by atoms with Gasteiger partial charge in [-0.1, -0.05) is 0 Å². The van der Waals surface area contributed by atoms with E-state index in [0.717, 1.165) is 0 Å². The van der Waals surface area contributed by atoms with Crippen molar-refractivity contribution in [1.82, 2.24) is 5.32 Å². The molecule has 1 heterocycles. The first kappa shape index (κ1) is 5.56. The van der Waals surface area contributed by atoms with Gasteiger partial charge < -0.3 is 10.4 Å². The van der Waals surface area contributed by atoms with Crippen LogP contribution >= 0.6 is 0 Å². The average molecular weight is 115 g/mol. The number of hydrogen-bond acceptors (Lipinski definition) is 2. The summed E-state index contributed by atoms with van der Waals surface area (Å²) < 4.78 is 0. The number of carbonyl (C=O) groups is 1. The van der Waals surface area contributed by atoms with Crippen molar-refractivity contribution in [2.75, 3.05) is 6.54 Å². The quantitative estimate of drug-likeness (QED) is 0.436. The lowest BCUT2D eigenvalue weighted by atomic mass is 10.1. The van der Waals surface area contributed by atoms with Crippen LogP contribution in [0.4, 0.5) is 0 Å². The Bertz CT molecular complexity index is 120. The van der Waals surface area contributed by atoms with Crippen LogP contribution in [0, 0.1) is 0 Å². The Hall–Kier alpha value is -0.570. The van der Waals surface area contributed by atoms with E-state index in [1.54, 1.807) is 0 Å². The van der Waals surface area contributed by atoms with E-state index in [0.29, 0.717) is 13.0 Å². The van der Waals surface area contributed by atoms with Gasteiger partial charge in [0.05, 0.1) is 0 Å². The second-order valence-corrected chi connectivity index (χ2v) is 2.28. The maximum absolute atomic E-state index is 10.5. The minimum atomic E-state index is -1.10. The van der Waals surface area contributed by atoms with E-state index < -0.39 is 5.60 Å². The average Bonchev–Trinajstić information content (AvgIpc) is 1.86. The summed E-state index contributed by atoms with van der Waals surface area (Å²) in [5.74, 6) is -0.252. The minimum absolute atomic E-state index is 0.252. The molecule has 0 aromatic rings. The molecule has 1 fully saturated rings. The number of aliphatic hydroxyl groups is 1. The van der Waals surface area contributed by atoms with E-state index in [1.165, 1.54) is 6.92 Å². The van der Waals surface area contributed by atoms with Crippen LogP contribution in [0.5, 0.6) is 0 Å². The zero-order chi connectivity index (χ0) is 6.20. The summed E-state index contributed by atoms with van der Waals surface area (Å²) in [6.45, 7) is 2.13. The number of amides is 1. The molecule has 1 rings (SSSR count). The molecule has 3 nitrogen and oxygen atoms in total. The Kier molecular flexibility index (Phi) is 1.01. The van der Waals surface area contributed by atoms with E-state index in [2.05, 4.69) is 5.32 Å². The lowest BCUT2D eigenvalue weighted by molar-refractivity contribution is -0.133. The van der Waals surface area contributed by atoms with Crippen LogP contribution in [0.15, 0.2) is 0 Å². The van der Waals surface area contributed by atoms with Crippen LogP contribution in [0.3, 0.4) is 0 Å². The van der Waals surface area contributed by atoms with Gasteiger partial charge in [0.2, 0.25) is 0 Å². The molecule has 46 valence electrons. The molecular formula is C5H9NO2. The van der Waals surface area contributed by atoms with Gasteiger partial charge in [-0.05, 0) is 6.92 Å². The highest BCUT2D eigenvalue weighted by molar-refractivity contribution is 5.86. The second-order valence-electron chi connectivity index (χ2n) is 2.28. The minimum Gasteiger partial charge on any atom is -0.380 e. The van der Waals surface area contributed by atoms with Crippen LogP contribution in [-0.2, 0) is 4.79 Å². The standard InChI is InChI=1S/C5H9NO2/c1-5(8)2-3-6-4(5)7/h8H,2-3H2,1H3,(H,6,7). The normalized spacial score (nSPS) is 37.5. The highest BCUT2D eigenvalue weighted by Crippen LogP contribution is 2.12. The van der Waals surface area contributed by atoms with Gasteiger partial charge >= 0.3 is 0 Å². The molecule has 0 bridgehead atoms. The lowest BCUT2D eigenvalue weighted by Gasteiger charge is -2.09. The summed E-state index contributed by atoms with van der Waals surface area (Å²) in [4.78, 5) is 10.5. The number of rotatable bonds is 0. The topological polar surface area (TPSA) is 49.3 Å². The predicted octanol–water partition coefficient (Wildman–Crippen LogP) is -0.743. The van der Waals surface area contributed by atoms with Gasteiger partial charge in [0.1, 0.15) is 5.60 Å². The largest absolute Gasteiger partial charge is 0.380 e. The van der Waals surface area contributed by atoms with Crippen molar-refractivity contribution >= 4 is 5.91 Å². The van der Waals surface area contributed by atoms with Gasteiger partial charge in [0.15, 0.2) is 0 Å². The zero-order valence-electron chi connectivity index (χ0n) is 4.77. The maximum atomic E-state index is 10.5. The fourth-order valence-electron chi connectivity index (χ4n) is 0.723. The Morgan fingerprint density at radius 1 is 1.88 bits per heavy atom. The van der Waals surface area contributed by atoms with Crippen LogP contribution in [-0.4, -0.2) is 23.2 Å². The molecule has 1 aliphatic heterocycles. The summed E-state index contributed by atoms with van der Waals surface area (Å²) in [5.41, 5.74) is -1.10. The fourth-order valence-corrected chi connectivity index (χ4v) is 0.723. The Balaban J connectivity index is 2.68. The van der Waals surface area contributed by atoms with Crippen molar-refractivity contribution in [1.29, 1.82) is 0 Å². The van der Waals surface area contributed by atoms with Crippen molar-refractivity contribution in [3.63, 3.8) is 0 Å². The SMILES string of the molecule is CC1(O)CCNC1=O. The van der Waals surface area contributed by atoms with Gasteiger partial charge in [-0.2, -0.15) is 0 Å². The van der Waals surface area contributed by atoms with Gasteiger partial charge in [-0.15, -0.1) is 0 Å². The molecule has 0 spiro atoms. The molecule has 1 amide bonds. The molecule has 1 aliphatic rings. The molecule has 2 N–H and O–H groups in total. The molecule has 0 aromatic carbocycles. The van der Waals surface area contributed by atoms with E-state index in [1.807, 2.05) is 0 Å². The van der Waals surface area contributed by atoms with Gasteiger partial charge in [0, 0.05) is 13.0 Å². The molecule has 0 saturated carbocycles. The molecule has 0 aromatic heterocycles. The maximum Gasteiger partial charge on any atom is 0.251 e. The van der Waals surface area contributed by atoms with Crippen molar-refractivity contribution in [2.45, 2.75) is 18.9 Å². The monoisotopic (exact) mass is 115 g/mol. The second kappa shape index (κ2) is 1.45. The molecule has 1 atom stereocenters. The third-order valence-electron chi connectivity index (χ3n) is 1.39. The summed E-state index contributed by atoms with van der Waals surface area (Å²) in [6.07, 6.45) is 0.534. The number of carbonyl (C=O) groups excluding carboxylic acids is 1. The summed E-state index contributed by atoms with van der Waals surface area (Å²) in [7, 11) is 0. The fraction of sp³-hybridized carbons (Fsp3) is 0.800. The van der Waals surface area contributed by atoms with Crippen molar-refractivity contribution in [3.05, 3.63) is 0 Å². The summed E-state index contributed by atoms with van der Waals surface area (Å²) in [6, 6.07) is 0. The summed E-state index contributed by atoms with van der Waals surface area (Å²) >= 11 is 0. The third-order valence-corrected chi connectivity index (χ3v) is 1.39. The molecule has 8 heavy (non-hydrogen) atoms. The van der Waals surface area contributed by atoms with E-state index in [9.17, 15) is 4.79 Å². The lowest BCUT2D eigenvalue weighted by Crippen LogP contribution is -2.34. The number of nitrogens with one attached hydrogen (secondary N) is 1. The van der Waals surface area contributed by atoms with Crippen LogP contribution in [0.1, 0.15) is 13.3 Å². The van der Waals surface area contributed by atoms with Crippen molar-refractivity contribution < 1.29 is 9.90 Å². The molecule has 0 radical (unpaired) electrons. The van der Waals surface area contributed by atoms with Gasteiger partial charge in [-0.25, -0.2) is 0 Å². The van der Waals surface area contributed by atoms with E-state index >= 15 is 0 Å². The van der Waals surface area contributed by atoms with Crippen LogP contribution < -0.4 is 5.32 Å². The third kappa shape index (κ3) is 0.690. The van der Waals surface area contributed by atoms with Crippen molar-refractivity contribution in [3.8, 4) is 0 Å². The molecule has 3 heteroatoms. The molecule has 1 unspecified atom stereocenters. The highest BCUT2D eigenvalue weighted by Gasteiger charge is 2.34. The van der Waals surface area contributed by atoms with Crippen LogP contribution in [0.2, 0.25) is 0 Å². The van der Waals surface area contributed by atoms with Crippen molar-refractivity contribution in [2.24, 2.45) is 0 Å². The van der Waals surface area contributed by atoms with Gasteiger partial charge in [-0.3, -0.25) is 4.79 Å². The first-order valence-corrected chi connectivity index (χ1v) is 2.63. The zero-order valence-corrected chi connectivity index (χ0v) is 4.77. The highest BCUT2D eigenvalue weighted by atomic mass is 16.3. The first-order chi connectivity index (χ1) is 3.63. The van der Waals surface area contributed by atoms with E-state index in [-0.39, 0.29) is 5.91 Å². The Morgan fingerprint density at radius 2 is 2.50 bits per heavy atom. The van der Waals surface area contributed by atoms with Crippen LogP contribution in [0.25, 0.3) is 0 Å². The van der Waals surface area contributed by atoms with Gasteiger partial charge in [0.25, 0.3) is 5.91 Å². The Labute approximate surface area is 47.7 Å². The van der Waals surface area contributed by atoms with E-state index in [4.69, 9.17) is 5.11 Å². The first-order valence-electron chi connectivity index (χ1n) is 2.63. The summed E-state index contributed by atoms with van der Waals surface area (Å²) in [5, 5.41) is 11.6. The number of hydrogen-bond donors (Lipinski definition) is 2. The molecule has 0 aliphatic carbocycles. The molecule has 1 saturated heterocycles. The predicted molar refractivity (Wildman–Crippen MR) is 28.3 cm³/mol. The smallest absolute Gasteiger partial charge is 0.251 e. The molecular weight excluding hydrogens is 106 g/mol.